The molecule has 2 N–H and O–H groups in total. The van der Waals surface area contributed by atoms with Crippen molar-refractivity contribution >= 4 is 5.82 Å². The van der Waals surface area contributed by atoms with Gasteiger partial charge in [-0.15, -0.1) is 0 Å². The number of nitrogen functional groups attached to an aromatic ring is 1. The monoisotopic (exact) mass is 187 g/mol. The highest BCUT2D eigenvalue weighted by atomic mass is 15.3. The number of nitrogens with zero attached hydrogens (tertiary/aromatic N) is 2. The van der Waals surface area contributed by atoms with Gasteiger partial charge < -0.3 is 5.73 Å². The molecule has 14 heavy (non-hydrogen) atoms. The zero-order valence-electron chi connectivity index (χ0n) is 8.09. The van der Waals surface area contributed by atoms with Crippen molar-refractivity contribution < 1.29 is 0 Å². The van der Waals surface area contributed by atoms with Crippen LogP contribution in [0.2, 0.25) is 0 Å². The highest BCUT2D eigenvalue weighted by molar-refractivity contribution is 5.26. The van der Waals surface area contributed by atoms with E-state index in [-0.39, 0.29) is 6.04 Å². The molecule has 0 saturated heterocycles. The van der Waals surface area contributed by atoms with E-state index in [4.69, 9.17) is 5.73 Å². The maximum atomic E-state index is 5.56. The fourth-order valence-corrected chi connectivity index (χ4v) is 1.45. The molecule has 1 heterocycles. The summed E-state index contributed by atoms with van der Waals surface area (Å²) in [6.45, 7) is 2.10. The lowest BCUT2D eigenvalue weighted by atomic mass is 10.1. The predicted molar refractivity (Wildman–Crippen MR) is 56.9 cm³/mol. The second-order valence-corrected chi connectivity index (χ2v) is 3.31. The number of hydrogen-bond acceptors (Lipinski definition) is 2. The fourth-order valence-electron chi connectivity index (χ4n) is 1.45. The predicted octanol–water partition coefficient (Wildman–Crippen LogP) is 2.07. The van der Waals surface area contributed by atoms with Gasteiger partial charge in [-0.05, 0) is 18.6 Å². The molecule has 3 heteroatoms. The van der Waals surface area contributed by atoms with E-state index < -0.39 is 0 Å². The van der Waals surface area contributed by atoms with Crippen LogP contribution in [-0.4, -0.2) is 9.78 Å². The van der Waals surface area contributed by atoms with Crippen molar-refractivity contribution in [2.24, 2.45) is 0 Å². The summed E-state index contributed by atoms with van der Waals surface area (Å²) in [6.07, 6.45) is 1.90. The molecule has 0 amide bonds. The minimum Gasteiger partial charge on any atom is -0.382 e. The van der Waals surface area contributed by atoms with Gasteiger partial charge in [0.25, 0.3) is 0 Å². The van der Waals surface area contributed by atoms with Crippen molar-refractivity contribution in [2.45, 2.75) is 13.0 Å². The SMILES string of the molecule is C[C@H](c1ccccc1)n1ccc(N)n1. The van der Waals surface area contributed by atoms with E-state index >= 15 is 0 Å². The molecule has 0 aliphatic rings. The van der Waals surface area contributed by atoms with E-state index in [1.165, 1.54) is 5.56 Å². The molecule has 0 spiro atoms. The third kappa shape index (κ3) is 1.62. The fraction of sp³-hybridized carbons (Fsp3) is 0.182. The van der Waals surface area contributed by atoms with E-state index in [9.17, 15) is 0 Å². The third-order valence-corrected chi connectivity index (χ3v) is 2.31. The summed E-state index contributed by atoms with van der Waals surface area (Å²) in [5.41, 5.74) is 6.79. The van der Waals surface area contributed by atoms with Crippen LogP contribution < -0.4 is 5.73 Å². The molecule has 0 saturated carbocycles. The lowest BCUT2D eigenvalue weighted by Crippen LogP contribution is -2.07. The summed E-state index contributed by atoms with van der Waals surface area (Å²) in [5, 5.41) is 4.18. The largest absolute Gasteiger partial charge is 0.382 e. The molecule has 0 aliphatic heterocycles. The van der Waals surface area contributed by atoms with E-state index in [1.807, 2.05) is 29.1 Å². The zero-order valence-corrected chi connectivity index (χ0v) is 8.09. The van der Waals surface area contributed by atoms with Gasteiger partial charge in [0.1, 0.15) is 5.82 Å². The van der Waals surface area contributed by atoms with Crippen LogP contribution in [0.3, 0.4) is 0 Å². The minimum absolute atomic E-state index is 0.230. The Bertz CT molecular complexity index is 405. The number of benzene rings is 1. The van der Waals surface area contributed by atoms with Crippen LogP contribution in [0.5, 0.6) is 0 Å². The minimum atomic E-state index is 0.230. The van der Waals surface area contributed by atoms with Crippen LogP contribution in [0.25, 0.3) is 0 Å². The first-order valence-electron chi connectivity index (χ1n) is 4.63. The molecule has 1 aromatic carbocycles. The van der Waals surface area contributed by atoms with Gasteiger partial charge in [0.2, 0.25) is 0 Å². The van der Waals surface area contributed by atoms with E-state index in [0.717, 1.165) is 0 Å². The Balaban J connectivity index is 2.29. The van der Waals surface area contributed by atoms with Crippen molar-refractivity contribution in [2.75, 3.05) is 5.73 Å². The molecule has 72 valence electrons. The second kappa shape index (κ2) is 3.54. The van der Waals surface area contributed by atoms with Crippen molar-refractivity contribution in [1.82, 2.24) is 9.78 Å². The van der Waals surface area contributed by atoms with Gasteiger partial charge in [-0.1, -0.05) is 30.3 Å². The zero-order chi connectivity index (χ0) is 9.97. The Morgan fingerprint density at radius 2 is 1.93 bits per heavy atom. The first-order valence-corrected chi connectivity index (χ1v) is 4.63. The molecule has 3 nitrogen and oxygen atoms in total. The first-order chi connectivity index (χ1) is 6.77. The number of aromatic nitrogens is 2. The van der Waals surface area contributed by atoms with Gasteiger partial charge in [-0.25, -0.2) is 0 Å². The van der Waals surface area contributed by atoms with Gasteiger partial charge in [0.05, 0.1) is 6.04 Å². The van der Waals surface area contributed by atoms with Gasteiger partial charge in [0, 0.05) is 6.20 Å². The van der Waals surface area contributed by atoms with Crippen LogP contribution >= 0.6 is 0 Å². The van der Waals surface area contributed by atoms with Crippen molar-refractivity contribution in [3.05, 3.63) is 48.2 Å². The molecule has 0 bridgehead atoms. The van der Waals surface area contributed by atoms with Crippen molar-refractivity contribution in [1.29, 1.82) is 0 Å². The summed E-state index contributed by atoms with van der Waals surface area (Å²) < 4.78 is 1.87. The number of hydrogen-bond donors (Lipinski definition) is 1. The number of nitrogens with two attached hydrogens (primary N) is 1. The summed E-state index contributed by atoms with van der Waals surface area (Å²) in [5.74, 6) is 0.563. The number of anilines is 1. The molecule has 0 unspecified atom stereocenters. The maximum Gasteiger partial charge on any atom is 0.145 e. The Labute approximate surface area is 83.2 Å². The quantitative estimate of drug-likeness (QED) is 0.782. The molecular formula is C11H13N3. The van der Waals surface area contributed by atoms with Crippen molar-refractivity contribution in [3.8, 4) is 0 Å². The highest BCUT2D eigenvalue weighted by Gasteiger charge is 2.07. The van der Waals surface area contributed by atoms with E-state index in [1.54, 1.807) is 6.07 Å². The Kier molecular flexibility index (Phi) is 2.23. The van der Waals surface area contributed by atoms with Crippen LogP contribution in [-0.2, 0) is 0 Å². The van der Waals surface area contributed by atoms with Gasteiger partial charge in [-0.2, -0.15) is 5.10 Å². The molecule has 1 atom stereocenters. The number of rotatable bonds is 2. The molecule has 2 rings (SSSR count). The van der Waals surface area contributed by atoms with Gasteiger partial charge in [-0.3, -0.25) is 4.68 Å². The van der Waals surface area contributed by atoms with Crippen LogP contribution in [0.4, 0.5) is 5.82 Å². The lowest BCUT2D eigenvalue weighted by molar-refractivity contribution is 0.567. The first kappa shape index (κ1) is 8.81. The van der Waals surface area contributed by atoms with Crippen LogP contribution in [0.1, 0.15) is 18.5 Å². The van der Waals surface area contributed by atoms with E-state index in [0.29, 0.717) is 5.82 Å². The topological polar surface area (TPSA) is 43.8 Å². The molecule has 0 fully saturated rings. The lowest BCUT2D eigenvalue weighted by Gasteiger charge is -2.11. The molecule has 0 radical (unpaired) electrons. The molecule has 2 aromatic rings. The third-order valence-electron chi connectivity index (χ3n) is 2.31. The Morgan fingerprint density at radius 3 is 2.50 bits per heavy atom. The summed E-state index contributed by atoms with van der Waals surface area (Å²) in [6, 6.07) is 12.3. The summed E-state index contributed by atoms with van der Waals surface area (Å²) >= 11 is 0. The normalized spacial score (nSPS) is 12.6. The van der Waals surface area contributed by atoms with E-state index in [2.05, 4.69) is 24.2 Å². The summed E-state index contributed by atoms with van der Waals surface area (Å²) in [7, 11) is 0. The Hall–Kier alpha value is -1.77. The smallest absolute Gasteiger partial charge is 0.145 e. The van der Waals surface area contributed by atoms with Crippen molar-refractivity contribution in [3.63, 3.8) is 0 Å². The van der Waals surface area contributed by atoms with Gasteiger partial charge >= 0.3 is 0 Å². The highest BCUT2D eigenvalue weighted by Crippen LogP contribution is 2.16. The second-order valence-electron chi connectivity index (χ2n) is 3.31. The average Bonchev–Trinajstić information content (AvgIpc) is 2.65. The average molecular weight is 187 g/mol. The summed E-state index contributed by atoms with van der Waals surface area (Å²) in [4.78, 5) is 0. The molecule has 0 aliphatic carbocycles. The van der Waals surface area contributed by atoms with Gasteiger partial charge in [0.15, 0.2) is 0 Å². The van der Waals surface area contributed by atoms with Crippen LogP contribution in [0.15, 0.2) is 42.6 Å². The maximum absolute atomic E-state index is 5.56. The molecule has 1 aromatic heterocycles. The Morgan fingerprint density at radius 1 is 1.21 bits per heavy atom. The van der Waals surface area contributed by atoms with Crippen LogP contribution in [0, 0.1) is 0 Å². The standard InChI is InChI=1S/C11H13N3/c1-9(10-5-3-2-4-6-10)14-8-7-11(12)13-14/h2-9H,1H3,(H2,12,13)/t9-/m1/s1. The molecular weight excluding hydrogens is 174 g/mol.